The van der Waals surface area contributed by atoms with Crippen LogP contribution < -0.4 is 5.32 Å². The third-order valence-corrected chi connectivity index (χ3v) is 5.21. The van der Waals surface area contributed by atoms with Gasteiger partial charge < -0.3 is 19.7 Å². The summed E-state index contributed by atoms with van der Waals surface area (Å²) >= 11 is 5.93. The number of aliphatic hydroxyl groups excluding tert-OH is 1. The van der Waals surface area contributed by atoms with Crippen molar-refractivity contribution in [1.29, 1.82) is 0 Å². The number of piperidine rings is 1. The number of likely N-dealkylation sites (tertiary alicyclic amines) is 1. The summed E-state index contributed by atoms with van der Waals surface area (Å²) < 4.78 is 5.82. The van der Waals surface area contributed by atoms with E-state index in [4.69, 9.17) is 16.0 Å². The summed E-state index contributed by atoms with van der Waals surface area (Å²) in [6.07, 6.45) is 2.77. The fourth-order valence-electron chi connectivity index (χ4n) is 3.44. The third-order valence-electron chi connectivity index (χ3n) is 4.95. The average molecular weight is 412 g/mol. The van der Waals surface area contributed by atoms with E-state index in [1.165, 1.54) is 0 Å². The van der Waals surface area contributed by atoms with Crippen LogP contribution in [-0.4, -0.2) is 40.1 Å². The number of carbonyl (C=O) groups is 1. The zero-order valence-electron chi connectivity index (χ0n) is 15.8. The topological polar surface area (TPSA) is 78.6 Å². The van der Waals surface area contributed by atoms with Crippen molar-refractivity contribution in [2.75, 3.05) is 18.4 Å². The SMILES string of the molecule is O=C(c1ccccc1NCc1ncc(-c2ccc(Cl)cc2)o1)N1CCC[C@@H](O)C1. The Kier molecular flexibility index (Phi) is 5.83. The number of rotatable bonds is 5. The molecule has 0 bridgehead atoms. The van der Waals surface area contributed by atoms with E-state index in [2.05, 4.69) is 10.3 Å². The Morgan fingerprint density at radius 3 is 2.83 bits per heavy atom. The van der Waals surface area contributed by atoms with E-state index in [1.54, 1.807) is 29.3 Å². The highest BCUT2D eigenvalue weighted by Crippen LogP contribution is 2.24. The van der Waals surface area contributed by atoms with Gasteiger partial charge in [-0.1, -0.05) is 23.7 Å². The van der Waals surface area contributed by atoms with Crippen molar-refractivity contribution in [1.82, 2.24) is 9.88 Å². The Labute approximate surface area is 174 Å². The molecule has 2 aromatic carbocycles. The minimum absolute atomic E-state index is 0.0823. The number of benzene rings is 2. The molecule has 29 heavy (non-hydrogen) atoms. The minimum Gasteiger partial charge on any atom is -0.439 e. The van der Waals surface area contributed by atoms with Crippen LogP contribution in [-0.2, 0) is 6.54 Å². The number of para-hydroxylation sites is 1. The van der Waals surface area contributed by atoms with Crippen LogP contribution in [0.3, 0.4) is 0 Å². The summed E-state index contributed by atoms with van der Waals surface area (Å²) in [6, 6.07) is 14.7. The fraction of sp³-hybridized carbons (Fsp3) is 0.273. The number of hydrogen-bond donors (Lipinski definition) is 2. The molecule has 7 heteroatoms. The van der Waals surface area contributed by atoms with Gasteiger partial charge in [-0.3, -0.25) is 4.79 Å². The summed E-state index contributed by atoms with van der Waals surface area (Å²) in [6.45, 7) is 1.38. The maximum atomic E-state index is 12.9. The van der Waals surface area contributed by atoms with Gasteiger partial charge in [-0.05, 0) is 49.2 Å². The van der Waals surface area contributed by atoms with Crippen molar-refractivity contribution in [2.24, 2.45) is 0 Å². The second-order valence-electron chi connectivity index (χ2n) is 7.07. The maximum Gasteiger partial charge on any atom is 0.256 e. The van der Waals surface area contributed by atoms with Gasteiger partial charge >= 0.3 is 0 Å². The van der Waals surface area contributed by atoms with Crippen LogP contribution in [0.25, 0.3) is 11.3 Å². The van der Waals surface area contributed by atoms with E-state index in [9.17, 15) is 9.90 Å². The first-order valence-electron chi connectivity index (χ1n) is 9.61. The molecule has 4 rings (SSSR count). The van der Waals surface area contributed by atoms with E-state index in [0.717, 1.165) is 18.4 Å². The Balaban J connectivity index is 1.45. The Bertz CT molecular complexity index is 987. The lowest BCUT2D eigenvalue weighted by molar-refractivity contribution is 0.0474. The molecule has 0 spiro atoms. The number of carbonyl (C=O) groups excluding carboxylic acids is 1. The molecule has 0 saturated carbocycles. The monoisotopic (exact) mass is 411 g/mol. The Morgan fingerprint density at radius 1 is 1.24 bits per heavy atom. The van der Waals surface area contributed by atoms with E-state index in [0.29, 0.717) is 47.6 Å². The van der Waals surface area contributed by atoms with Crippen LogP contribution in [0, 0.1) is 0 Å². The molecule has 1 aliphatic rings. The number of amides is 1. The second kappa shape index (κ2) is 8.68. The zero-order valence-corrected chi connectivity index (χ0v) is 16.6. The average Bonchev–Trinajstić information content (AvgIpc) is 3.21. The summed E-state index contributed by atoms with van der Waals surface area (Å²) in [4.78, 5) is 18.9. The van der Waals surface area contributed by atoms with Gasteiger partial charge in [0.2, 0.25) is 5.89 Å². The number of aliphatic hydroxyl groups is 1. The van der Waals surface area contributed by atoms with Gasteiger partial charge in [0.25, 0.3) is 5.91 Å². The van der Waals surface area contributed by atoms with Crippen molar-refractivity contribution in [3.05, 3.63) is 71.2 Å². The van der Waals surface area contributed by atoms with Crippen molar-refractivity contribution >= 4 is 23.2 Å². The molecule has 1 aliphatic heterocycles. The lowest BCUT2D eigenvalue weighted by atomic mass is 10.1. The van der Waals surface area contributed by atoms with Gasteiger partial charge in [-0.25, -0.2) is 4.98 Å². The molecular weight excluding hydrogens is 390 g/mol. The molecule has 1 aromatic heterocycles. The summed E-state index contributed by atoms with van der Waals surface area (Å²) in [7, 11) is 0. The normalized spacial score (nSPS) is 16.6. The maximum absolute atomic E-state index is 12.9. The first-order chi connectivity index (χ1) is 14.1. The van der Waals surface area contributed by atoms with E-state index < -0.39 is 6.10 Å². The van der Waals surface area contributed by atoms with Crippen LogP contribution in [0.1, 0.15) is 29.1 Å². The molecule has 0 radical (unpaired) electrons. The van der Waals surface area contributed by atoms with Gasteiger partial charge in [0.1, 0.15) is 0 Å². The van der Waals surface area contributed by atoms with Crippen LogP contribution in [0.2, 0.25) is 5.02 Å². The molecule has 1 fully saturated rings. The predicted molar refractivity (Wildman–Crippen MR) is 112 cm³/mol. The van der Waals surface area contributed by atoms with Gasteiger partial charge in [0.15, 0.2) is 5.76 Å². The number of anilines is 1. The Morgan fingerprint density at radius 2 is 2.03 bits per heavy atom. The number of oxazole rings is 1. The summed E-state index contributed by atoms with van der Waals surface area (Å²) in [5, 5.41) is 13.8. The largest absolute Gasteiger partial charge is 0.439 e. The zero-order chi connectivity index (χ0) is 20.2. The summed E-state index contributed by atoms with van der Waals surface area (Å²) in [5.41, 5.74) is 2.18. The minimum atomic E-state index is -0.452. The van der Waals surface area contributed by atoms with E-state index in [1.807, 2.05) is 30.3 Å². The van der Waals surface area contributed by atoms with Crippen molar-refractivity contribution < 1.29 is 14.3 Å². The molecule has 1 saturated heterocycles. The smallest absolute Gasteiger partial charge is 0.256 e. The van der Waals surface area contributed by atoms with Gasteiger partial charge in [-0.15, -0.1) is 0 Å². The first-order valence-corrected chi connectivity index (χ1v) is 9.99. The number of nitrogens with one attached hydrogen (secondary N) is 1. The first kappa shape index (κ1) is 19.5. The number of aromatic nitrogens is 1. The molecule has 1 atom stereocenters. The lowest BCUT2D eigenvalue weighted by Gasteiger charge is -2.30. The molecular formula is C22H22ClN3O3. The number of hydrogen-bond acceptors (Lipinski definition) is 5. The van der Waals surface area contributed by atoms with Gasteiger partial charge in [0.05, 0.1) is 24.4 Å². The molecule has 150 valence electrons. The number of nitrogens with zero attached hydrogens (tertiary/aromatic N) is 2. The highest BCUT2D eigenvalue weighted by atomic mass is 35.5. The highest BCUT2D eigenvalue weighted by molar-refractivity contribution is 6.30. The van der Waals surface area contributed by atoms with Crippen LogP contribution in [0.4, 0.5) is 5.69 Å². The van der Waals surface area contributed by atoms with Crippen LogP contribution in [0.15, 0.2) is 59.1 Å². The standard InChI is InChI=1S/C22H22ClN3O3/c23-16-9-7-15(8-10-16)20-12-25-21(29-20)13-24-19-6-2-1-5-18(19)22(28)26-11-3-4-17(27)14-26/h1-2,5-10,12,17,24,27H,3-4,11,13-14H2/t17-/m1/s1. The summed E-state index contributed by atoms with van der Waals surface area (Å²) in [5.74, 6) is 1.09. The third kappa shape index (κ3) is 4.60. The molecule has 1 amide bonds. The van der Waals surface area contributed by atoms with Crippen molar-refractivity contribution in [3.8, 4) is 11.3 Å². The van der Waals surface area contributed by atoms with Crippen molar-refractivity contribution in [3.63, 3.8) is 0 Å². The predicted octanol–water partition coefficient (Wildman–Crippen LogP) is 4.20. The van der Waals surface area contributed by atoms with Gasteiger partial charge in [0, 0.05) is 29.4 Å². The van der Waals surface area contributed by atoms with Gasteiger partial charge in [-0.2, -0.15) is 0 Å². The molecule has 3 aromatic rings. The number of halogens is 1. The highest BCUT2D eigenvalue weighted by Gasteiger charge is 2.24. The van der Waals surface area contributed by atoms with Crippen LogP contribution >= 0.6 is 11.6 Å². The second-order valence-corrected chi connectivity index (χ2v) is 7.51. The molecule has 0 unspecified atom stereocenters. The molecule has 6 nitrogen and oxygen atoms in total. The number of β-amino-alcohol motifs (C(OH)–C–C–N with tert-alkyl or cyclic N) is 1. The molecule has 0 aliphatic carbocycles. The molecule has 2 heterocycles. The van der Waals surface area contributed by atoms with E-state index in [-0.39, 0.29) is 5.91 Å². The quantitative estimate of drug-likeness (QED) is 0.657. The van der Waals surface area contributed by atoms with E-state index >= 15 is 0 Å². The lowest BCUT2D eigenvalue weighted by Crippen LogP contribution is -2.42. The van der Waals surface area contributed by atoms with Crippen LogP contribution in [0.5, 0.6) is 0 Å². The Hall–Kier alpha value is -2.83. The van der Waals surface area contributed by atoms with Crippen molar-refractivity contribution in [2.45, 2.75) is 25.5 Å². The fourth-order valence-corrected chi connectivity index (χ4v) is 3.57. The molecule has 2 N–H and O–H groups in total.